The van der Waals surface area contributed by atoms with Gasteiger partial charge in [0.2, 0.25) is 5.79 Å². The van der Waals surface area contributed by atoms with Crippen LogP contribution in [0.1, 0.15) is 119 Å². The van der Waals surface area contributed by atoms with Crippen molar-refractivity contribution >= 4 is 34.3 Å². The number of rotatable bonds is 9. The highest BCUT2D eigenvalue weighted by Crippen LogP contribution is 2.40. The van der Waals surface area contributed by atoms with Gasteiger partial charge in [0.05, 0.1) is 24.4 Å². The van der Waals surface area contributed by atoms with Gasteiger partial charge in [0.15, 0.2) is 0 Å². The molecule has 6 rings (SSSR count). The van der Waals surface area contributed by atoms with E-state index < -0.39 is 77.8 Å². The van der Waals surface area contributed by atoms with Gasteiger partial charge in [-0.15, -0.1) is 0 Å². The van der Waals surface area contributed by atoms with Crippen molar-refractivity contribution < 1.29 is 57.8 Å². The molecule has 1 amide bonds. The van der Waals surface area contributed by atoms with E-state index in [0.717, 1.165) is 41.6 Å². The lowest BCUT2D eigenvalue weighted by Crippen LogP contribution is -2.64. The number of ether oxygens (including phenoxy) is 6. The van der Waals surface area contributed by atoms with Gasteiger partial charge in [-0.2, -0.15) is 0 Å². The number of fused-ring (bicyclic) bond motifs is 4. The smallest absolute Gasteiger partial charge is 0.329 e. The predicted molar refractivity (Wildman–Crippen MR) is 254 cm³/mol. The van der Waals surface area contributed by atoms with Crippen LogP contribution in [0, 0.1) is 29.6 Å². The quantitative estimate of drug-likeness (QED) is 0.144. The Labute approximate surface area is 397 Å². The van der Waals surface area contributed by atoms with Crippen molar-refractivity contribution in [3.05, 3.63) is 53.8 Å². The van der Waals surface area contributed by atoms with Gasteiger partial charge in [-0.3, -0.25) is 14.4 Å². The minimum atomic E-state index is -2.54. The number of hydrogen-bond donors (Lipinski definition) is 2. The summed E-state index contributed by atoms with van der Waals surface area (Å²) < 4.78 is 39.3. The van der Waals surface area contributed by atoms with Crippen LogP contribution < -0.4 is 4.74 Å². The molecule has 14 nitrogen and oxygen atoms in total. The molecule has 372 valence electrons. The van der Waals surface area contributed by atoms with E-state index >= 15 is 0 Å². The van der Waals surface area contributed by atoms with Crippen LogP contribution in [0.4, 0.5) is 0 Å². The number of ketones is 2. The third-order valence-corrected chi connectivity index (χ3v) is 15.4. The molecular formula is C53H78N2O12. The molecule has 4 aliphatic rings. The van der Waals surface area contributed by atoms with E-state index in [-0.39, 0.29) is 62.1 Å². The Morgan fingerprint density at radius 1 is 0.881 bits per heavy atom. The van der Waals surface area contributed by atoms with E-state index in [0.29, 0.717) is 37.7 Å². The molecule has 0 radical (unpaired) electrons. The molecule has 2 aromatic rings. The summed E-state index contributed by atoms with van der Waals surface area (Å²) in [5.41, 5.74) is 2.63. The number of benzene rings is 1. The lowest BCUT2D eigenvalue weighted by Gasteiger charge is -2.47. The number of esters is 1. The van der Waals surface area contributed by atoms with Crippen molar-refractivity contribution in [3.8, 4) is 5.75 Å². The molecule has 67 heavy (non-hydrogen) atoms. The molecule has 3 fully saturated rings. The first-order chi connectivity index (χ1) is 32.0. The molecule has 2 saturated heterocycles. The summed E-state index contributed by atoms with van der Waals surface area (Å²) in [5.74, 6) is -6.45. The molecule has 14 atom stereocenters. The number of cyclic esters (lactones) is 1. The maximum Gasteiger partial charge on any atom is 0.329 e. The molecule has 1 aromatic carbocycles. The van der Waals surface area contributed by atoms with Gasteiger partial charge < -0.3 is 48.1 Å². The standard InChI is InChI=1S/C53H78N2O12/c1-11-37-26-32(4)47(57)33(5)27-45(63-9)49-46(64-10)28-35(7)53(61,67-49)50(58)51(59)55-23-14-13-15-41(55)52(60)66-48(31(3)16-20-42(37)56)34(6)25-36-17-21-43(44(29-36)62-8)65-39-18-19-40-38(30-39)22-24-54(40)12-2/h18-19,22,24-26,30-31,33,35-37,41,43-49,57,61H,11-17,20-21,23,27-29H2,1-10H3/b32-26+,34-25?. The topological polar surface area (TPSA) is 172 Å². The fourth-order valence-electron chi connectivity index (χ4n) is 11.1. The van der Waals surface area contributed by atoms with Crippen LogP contribution >= 0.6 is 0 Å². The highest BCUT2D eigenvalue weighted by molar-refractivity contribution is 6.39. The molecule has 0 spiro atoms. The average molecular weight is 935 g/mol. The van der Waals surface area contributed by atoms with Gasteiger partial charge in [-0.05, 0) is 138 Å². The third-order valence-electron chi connectivity index (χ3n) is 15.4. The summed E-state index contributed by atoms with van der Waals surface area (Å²) in [5, 5.41) is 24.9. The van der Waals surface area contributed by atoms with Gasteiger partial charge in [-0.1, -0.05) is 39.8 Å². The SMILES string of the molecule is CCC1/C=C(\C)C(O)C(C)CC(OC)C2OC(O)(C(=O)C(=O)N3CCCCC3C(=O)OC(C(C)=CC3CCC(Oc4ccc5c(ccn5CC)c4)C(OC)C3)C(C)CCC1=O)C(C)CC2OC. The van der Waals surface area contributed by atoms with Gasteiger partial charge in [0, 0.05) is 69.8 Å². The Morgan fingerprint density at radius 2 is 1.60 bits per heavy atom. The number of nitrogens with zero attached hydrogens (tertiary/aromatic N) is 2. The second-order valence-electron chi connectivity index (χ2n) is 20.0. The summed E-state index contributed by atoms with van der Waals surface area (Å²) >= 11 is 0. The Hall–Kier alpha value is -3.92. The largest absolute Gasteiger partial charge is 0.488 e. The summed E-state index contributed by atoms with van der Waals surface area (Å²) in [7, 11) is 4.70. The van der Waals surface area contributed by atoms with Crippen molar-refractivity contribution in [2.24, 2.45) is 29.6 Å². The lowest BCUT2D eigenvalue weighted by atomic mass is 9.81. The number of methoxy groups -OCH3 is 3. The second-order valence-corrected chi connectivity index (χ2v) is 20.0. The Balaban J connectivity index is 1.29. The Kier molecular flexibility index (Phi) is 18.1. The number of carbonyl (C=O) groups excluding carboxylic acids is 4. The summed E-state index contributed by atoms with van der Waals surface area (Å²) in [6, 6.07) is 7.20. The van der Waals surface area contributed by atoms with Gasteiger partial charge in [-0.25, -0.2) is 4.79 Å². The number of aryl methyl sites for hydroxylation is 1. The minimum Gasteiger partial charge on any atom is -0.488 e. The highest BCUT2D eigenvalue weighted by atomic mass is 16.7. The van der Waals surface area contributed by atoms with Crippen LogP contribution in [0.5, 0.6) is 5.75 Å². The number of aliphatic hydroxyl groups is 2. The molecular weight excluding hydrogens is 857 g/mol. The number of amides is 1. The highest BCUT2D eigenvalue weighted by Gasteiger charge is 2.56. The first kappa shape index (κ1) is 52.5. The number of allylic oxidation sites excluding steroid dienone is 2. The van der Waals surface area contributed by atoms with Crippen molar-refractivity contribution in [2.75, 3.05) is 27.9 Å². The molecule has 4 heterocycles. The monoisotopic (exact) mass is 935 g/mol. The maximum absolute atomic E-state index is 14.5. The maximum atomic E-state index is 14.5. The van der Waals surface area contributed by atoms with Crippen LogP contribution in [-0.2, 0) is 49.4 Å². The summed E-state index contributed by atoms with van der Waals surface area (Å²) in [4.78, 5) is 58.5. The fourth-order valence-corrected chi connectivity index (χ4v) is 11.1. The van der Waals surface area contributed by atoms with Crippen LogP contribution in [0.2, 0.25) is 0 Å². The van der Waals surface area contributed by atoms with E-state index in [1.165, 1.54) is 19.1 Å². The zero-order chi connectivity index (χ0) is 48.7. The van der Waals surface area contributed by atoms with E-state index in [2.05, 4.69) is 42.0 Å². The predicted octanol–water partition coefficient (Wildman–Crippen LogP) is 7.53. The summed E-state index contributed by atoms with van der Waals surface area (Å²) in [6.07, 6.45) is 7.03. The van der Waals surface area contributed by atoms with Gasteiger partial charge >= 0.3 is 5.97 Å². The van der Waals surface area contributed by atoms with E-state index in [4.69, 9.17) is 28.4 Å². The van der Waals surface area contributed by atoms with Crippen LogP contribution in [0.15, 0.2) is 53.8 Å². The normalized spacial score (nSPS) is 36.7. The first-order valence-corrected chi connectivity index (χ1v) is 24.9. The van der Waals surface area contributed by atoms with Gasteiger partial charge in [0.1, 0.15) is 35.9 Å². The third kappa shape index (κ3) is 11.8. The molecule has 1 aliphatic carbocycles. The second kappa shape index (κ2) is 23.1. The molecule has 1 saturated carbocycles. The zero-order valence-electron chi connectivity index (χ0n) is 41.6. The molecule has 14 heteroatoms. The van der Waals surface area contributed by atoms with Crippen LogP contribution in [0.25, 0.3) is 10.9 Å². The minimum absolute atomic E-state index is 0.0266. The lowest BCUT2D eigenvalue weighted by molar-refractivity contribution is -0.302. The number of piperidine rings is 1. The van der Waals surface area contributed by atoms with Gasteiger partial charge in [0.25, 0.3) is 11.7 Å². The summed E-state index contributed by atoms with van der Waals surface area (Å²) in [6.45, 7) is 14.3. The van der Waals surface area contributed by atoms with Crippen molar-refractivity contribution in [2.45, 2.75) is 180 Å². The molecule has 3 aliphatic heterocycles. The molecule has 2 bridgehead atoms. The van der Waals surface area contributed by atoms with E-state index in [9.17, 15) is 29.4 Å². The Morgan fingerprint density at radius 3 is 2.28 bits per heavy atom. The molecule has 2 N–H and O–H groups in total. The zero-order valence-corrected chi connectivity index (χ0v) is 41.6. The number of aliphatic hydroxyl groups excluding tert-OH is 1. The first-order valence-electron chi connectivity index (χ1n) is 24.9. The molecule has 14 unspecified atom stereocenters. The number of Topliss-reactive ketones (excluding diaryl/α,β-unsaturated/α-hetero) is 2. The Bertz CT molecular complexity index is 2100. The van der Waals surface area contributed by atoms with Crippen molar-refractivity contribution in [1.82, 2.24) is 9.47 Å². The van der Waals surface area contributed by atoms with Crippen molar-refractivity contribution in [3.63, 3.8) is 0 Å². The van der Waals surface area contributed by atoms with E-state index in [1.54, 1.807) is 14.0 Å². The number of carbonyl (C=O) groups is 4. The number of aromatic nitrogens is 1. The molecule has 1 aromatic heterocycles. The van der Waals surface area contributed by atoms with Crippen LogP contribution in [0.3, 0.4) is 0 Å². The van der Waals surface area contributed by atoms with E-state index in [1.807, 2.05) is 46.8 Å². The average Bonchev–Trinajstić information content (AvgIpc) is 3.75. The van der Waals surface area contributed by atoms with Crippen molar-refractivity contribution in [1.29, 1.82) is 0 Å². The fraction of sp³-hybridized carbons (Fsp3) is 0.698. The van der Waals surface area contributed by atoms with Crippen LogP contribution in [-0.4, -0.2) is 126 Å². The number of hydrogen-bond acceptors (Lipinski definition) is 12.